The van der Waals surface area contributed by atoms with E-state index >= 15 is 0 Å². The molecular formula is C15H15ClN2O5S. The quantitative estimate of drug-likeness (QED) is 0.601. The van der Waals surface area contributed by atoms with E-state index in [4.69, 9.17) is 21.1 Å². The zero-order chi connectivity index (χ0) is 17.7. The highest BCUT2D eigenvalue weighted by atomic mass is 35.5. The van der Waals surface area contributed by atoms with Crippen molar-refractivity contribution in [3.05, 3.63) is 47.0 Å². The van der Waals surface area contributed by atoms with E-state index in [0.717, 1.165) is 6.21 Å². The molecule has 0 aromatic heterocycles. The zero-order valence-corrected chi connectivity index (χ0v) is 14.4. The number of halogens is 1. The van der Waals surface area contributed by atoms with Gasteiger partial charge in [0, 0.05) is 16.7 Å². The molecule has 0 heterocycles. The molecule has 0 spiro atoms. The van der Waals surface area contributed by atoms with Crippen LogP contribution in [-0.4, -0.2) is 34.0 Å². The smallest absolute Gasteiger partial charge is 0.280 e. The maximum Gasteiger partial charge on any atom is 0.280 e. The summed E-state index contributed by atoms with van der Waals surface area (Å²) >= 11 is 5.81. The summed E-state index contributed by atoms with van der Waals surface area (Å²) in [6.45, 7) is 0. The van der Waals surface area contributed by atoms with Crippen molar-refractivity contribution in [1.29, 1.82) is 0 Å². The Morgan fingerprint density at radius 1 is 1.17 bits per heavy atom. The molecule has 128 valence electrons. The van der Waals surface area contributed by atoms with Crippen molar-refractivity contribution in [2.75, 3.05) is 14.2 Å². The van der Waals surface area contributed by atoms with E-state index in [2.05, 4.69) is 5.10 Å². The zero-order valence-electron chi connectivity index (χ0n) is 12.9. The second kappa shape index (κ2) is 7.41. The van der Waals surface area contributed by atoms with Gasteiger partial charge in [0.05, 0.1) is 20.4 Å². The lowest BCUT2D eigenvalue weighted by Crippen LogP contribution is -2.19. The molecule has 0 unspecified atom stereocenters. The minimum Gasteiger partial charge on any atom is -0.507 e. The van der Waals surface area contributed by atoms with Crippen LogP contribution in [0, 0.1) is 0 Å². The maximum absolute atomic E-state index is 12.3. The predicted octanol–water partition coefficient (Wildman–Crippen LogP) is 2.38. The van der Waals surface area contributed by atoms with E-state index in [-0.39, 0.29) is 22.0 Å². The third-order valence-corrected chi connectivity index (χ3v) is 4.52. The van der Waals surface area contributed by atoms with Gasteiger partial charge in [-0.1, -0.05) is 11.6 Å². The van der Waals surface area contributed by atoms with Crippen LogP contribution in [0.1, 0.15) is 5.56 Å². The Kier molecular flexibility index (Phi) is 5.53. The van der Waals surface area contributed by atoms with E-state index in [0.29, 0.717) is 10.8 Å². The topological polar surface area (TPSA) is 97.2 Å². The minimum atomic E-state index is -3.96. The second-order valence-electron chi connectivity index (χ2n) is 4.57. The highest BCUT2D eigenvalue weighted by Crippen LogP contribution is 2.28. The van der Waals surface area contributed by atoms with Crippen molar-refractivity contribution in [1.82, 2.24) is 4.83 Å². The van der Waals surface area contributed by atoms with E-state index in [9.17, 15) is 13.5 Å². The Hall–Kier alpha value is -2.45. The number of hydrogen-bond donors (Lipinski definition) is 2. The molecule has 0 fully saturated rings. The van der Waals surface area contributed by atoms with E-state index in [1.165, 1.54) is 50.6 Å². The number of sulfonamides is 1. The Morgan fingerprint density at radius 3 is 2.58 bits per heavy atom. The van der Waals surface area contributed by atoms with Crippen LogP contribution in [0.15, 0.2) is 46.4 Å². The van der Waals surface area contributed by atoms with Crippen LogP contribution in [0.5, 0.6) is 17.2 Å². The average Bonchev–Trinajstić information content (AvgIpc) is 2.57. The standard InChI is InChI=1S/C15H15ClN2O5S/c1-22-12-4-6-15(14(8-12)23-2)24(20,21)18-17-9-10-7-11(16)3-5-13(10)19/h3-9,18-19H,1-2H3/b17-9+. The summed E-state index contributed by atoms with van der Waals surface area (Å²) in [4.78, 5) is 1.95. The van der Waals surface area contributed by atoms with Gasteiger partial charge >= 0.3 is 0 Å². The molecular weight excluding hydrogens is 356 g/mol. The van der Waals surface area contributed by atoms with Gasteiger partial charge in [0.2, 0.25) is 0 Å². The number of hydrazone groups is 1. The first-order valence-electron chi connectivity index (χ1n) is 6.63. The number of nitrogens with zero attached hydrogens (tertiary/aromatic N) is 1. The number of aromatic hydroxyl groups is 1. The molecule has 0 bridgehead atoms. The molecule has 0 saturated heterocycles. The Balaban J connectivity index is 2.25. The van der Waals surface area contributed by atoms with Gasteiger partial charge in [0.1, 0.15) is 22.1 Å². The van der Waals surface area contributed by atoms with Crippen LogP contribution in [0.25, 0.3) is 0 Å². The highest BCUT2D eigenvalue weighted by Gasteiger charge is 2.19. The van der Waals surface area contributed by atoms with Gasteiger partial charge in [-0.25, -0.2) is 0 Å². The lowest BCUT2D eigenvalue weighted by atomic mass is 10.2. The normalized spacial score (nSPS) is 11.5. The molecule has 9 heteroatoms. The summed E-state index contributed by atoms with van der Waals surface area (Å²) in [5.74, 6) is 0.491. The molecule has 0 aliphatic rings. The number of ether oxygens (including phenoxy) is 2. The van der Waals surface area contributed by atoms with Crippen LogP contribution in [0.4, 0.5) is 0 Å². The number of phenols is 1. The van der Waals surface area contributed by atoms with Crippen LogP contribution in [0.3, 0.4) is 0 Å². The van der Waals surface area contributed by atoms with Gasteiger partial charge in [-0.3, -0.25) is 0 Å². The highest BCUT2D eigenvalue weighted by molar-refractivity contribution is 7.89. The van der Waals surface area contributed by atoms with Gasteiger partial charge in [-0.2, -0.15) is 18.4 Å². The number of phenolic OH excluding ortho intramolecular Hbond substituents is 1. The van der Waals surface area contributed by atoms with Crippen molar-refractivity contribution in [3.63, 3.8) is 0 Å². The van der Waals surface area contributed by atoms with Crippen molar-refractivity contribution >= 4 is 27.8 Å². The Bertz CT molecular complexity index is 868. The number of methoxy groups -OCH3 is 2. The molecule has 2 N–H and O–H groups in total. The van der Waals surface area contributed by atoms with Gasteiger partial charge in [-0.15, -0.1) is 0 Å². The van der Waals surface area contributed by atoms with Crippen molar-refractivity contribution in [2.45, 2.75) is 4.90 Å². The van der Waals surface area contributed by atoms with Crippen molar-refractivity contribution < 1.29 is 23.0 Å². The molecule has 0 radical (unpaired) electrons. The summed E-state index contributed by atoms with van der Waals surface area (Å²) in [5.41, 5.74) is 0.270. The fraction of sp³-hybridized carbons (Fsp3) is 0.133. The summed E-state index contributed by atoms with van der Waals surface area (Å²) in [6.07, 6.45) is 1.15. The monoisotopic (exact) mass is 370 g/mol. The molecule has 0 amide bonds. The van der Waals surface area contributed by atoms with Crippen LogP contribution < -0.4 is 14.3 Å². The van der Waals surface area contributed by atoms with E-state index in [1.807, 2.05) is 4.83 Å². The Labute approximate surface area is 144 Å². The lowest BCUT2D eigenvalue weighted by molar-refractivity contribution is 0.386. The number of benzene rings is 2. The minimum absolute atomic E-state index is 0.0793. The molecule has 2 aromatic rings. The number of rotatable bonds is 6. The van der Waals surface area contributed by atoms with Crippen LogP contribution in [0.2, 0.25) is 5.02 Å². The Morgan fingerprint density at radius 2 is 1.92 bits per heavy atom. The third kappa shape index (κ3) is 4.09. The molecule has 0 aliphatic carbocycles. The largest absolute Gasteiger partial charge is 0.507 e. The first-order chi connectivity index (χ1) is 11.4. The van der Waals surface area contributed by atoms with Gasteiger partial charge in [0.15, 0.2) is 0 Å². The lowest BCUT2D eigenvalue weighted by Gasteiger charge is -2.10. The van der Waals surface area contributed by atoms with Crippen molar-refractivity contribution in [2.24, 2.45) is 5.10 Å². The fourth-order valence-electron chi connectivity index (χ4n) is 1.84. The van der Waals surface area contributed by atoms with E-state index < -0.39 is 10.0 Å². The number of hydrogen-bond acceptors (Lipinski definition) is 6. The van der Waals surface area contributed by atoms with Crippen LogP contribution in [-0.2, 0) is 10.0 Å². The number of nitrogens with one attached hydrogen (secondary N) is 1. The third-order valence-electron chi connectivity index (χ3n) is 3.03. The SMILES string of the molecule is COc1ccc(S(=O)(=O)N/N=C/c2cc(Cl)ccc2O)c(OC)c1. The van der Waals surface area contributed by atoms with Gasteiger partial charge in [0.25, 0.3) is 10.0 Å². The summed E-state index contributed by atoms with van der Waals surface area (Å²) in [7, 11) is -1.15. The average molecular weight is 371 g/mol. The fourth-order valence-corrected chi connectivity index (χ4v) is 2.96. The second-order valence-corrected chi connectivity index (χ2v) is 6.64. The first kappa shape index (κ1) is 17.9. The molecule has 0 atom stereocenters. The molecule has 24 heavy (non-hydrogen) atoms. The summed E-state index contributed by atoms with van der Waals surface area (Å²) in [5, 5.41) is 13.7. The van der Waals surface area contributed by atoms with Gasteiger partial charge in [-0.05, 0) is 30.3 Å². The first-order valence-corrected chi connectivity index (χ1v) is 8.49. The summed E-state index contributed by atoms with van der Waals surface area (Å²) in [6, 6.07) is 8.60. The van der Waals surface area contributed by atoms with Crippen LogP contribution >= 0.6 is 11.6 Å². The molecule has 2 aromatic carbocycles. The maximum atomic E-state index is 12.3. The van der Waals surface area contributed by atoms with Gasteiger partial charge < -0.3 is 14.6 Å². The molecule has 2 rings (SSSR count). The molecule has 7 nitrogen and oxygen atoms in total. The van der Waals surface area contributed by atoms with Crippen molar-refractivity contribution in [3.8, 4) is 17.2 Å². The van der Waals surface area contributed by atoms with E-state index in [1.54, 1.807) is 0 Å². The molecule has 0 saturated carbocycles. The predicted molar refractivity (Wildman–Crippen MR) is 90.6 cm³/mol. The molecule has 0 aliphatic heterocycles. The summed E-state index contributed by atoms with van der Waals surface area (Å²) < 4.78 is 34.7.